The number of rotatable bonds is 7. The highest BCUT2D eigenvalue weighted by Crippen LogP contribution is 2.22. The fraction of sp³-hybridized carbons (Fsp3) is 0.333. The Kier molecular flexibility index (Phi) is 4.34. The van der Waals surface area contributed by atoms with Gasteiger partial charge in [0.1, 0.15) is 5.75 Å². The van der Waals surface area contributed by atoms with E-state index in [0.29, 0.717) is 0 Å². The quantitative estimate of drug-likeness (QED) is 0.828. The van der Waals surface area contributed by atoms with Crippen molar-refractivity contribution in [3.05, 3.63) is 65.7 Å². The molecule has 104 valence electrons. The van der Waals surface area contributed by atoms with E-state index in [4.69, 9.17) is 4.74 Å². The van der Waals surface area contributed by atoms with Gasteiger partial charge in [-0.3, -0.25) is 0 Å². The second-order valence-electron chi connectivity index (χ2n) is 5.35. The monoisotopic (exact) mass is 267 g/mol. The van der Waals surface area contributed by atoms with Gasteiger partial charge in [0, 0.05) is 24.6 Å². The zero-order valence-electron chi connectivity index (χ0n) is 11.7. The third kappa shape index (κ3) is 3.84. The van der Waals surface area contributed by atoms with Gasteiger partial charge < -0.3 is 10.1 Å². The van der Waals surface area contributed by atoms with Gasteiger partial charge in [-0.05, 0) is 24.5 Å². The van der Waals surface area contributed by atoms with E-state index in [0.717, 1.165) is 31.4 Å². The Bertz CT molecular complexity index is 534. The fourth-order valence-corrected chi connectivity index (χ4v) is 2.26. The maximum absolute atomic E-state index is 5.95. The first-order valence-electron chi connectivity index (χ1n) is 7.40. The topological polar surface area (TPSA) is 21.3 Å². The van der Waals surface area contributed by atoms with E-state index < -0.39 is 0 Å². The Balaban J connectivity index is 1.53. The highest BCUT2D eigenvalue weighted by Gasteiger charge is 2.20. The van der Waals surface area contributed by atoms with Gasteiger partial charge in [-0.1, -0.05) is 48.5 Å². The molecule has 0 radical (unpaired) electrons. The maximum Gasteiger partial charge on any atom is 0.123 e. The molecular formula is C18H21NO. The van der Waals surface area contributed by atoms with E-state index in [9.17, 15) is 0 Å². The molecule has 0 unspecified atom stereocenters. The molecule has 1 aliphatic rings. The Hall–Kier alpha value is -1.80. The molecule has 0 amide bonds. The lowest BCUT2D eigenvalue weighted by Gasteiger charge is -2.12. The SMILES string of the molecule is c1ccc(CCOc2ccccc2CNC2CC2)cc1. The lowest BCUT2D eigenvalue weighted by atomic mass is 10.1. The number of hydrogen-bond donors (Lipinski definition) is 1. The standard InChI is InChI=1S/C18H21NO/c1-2-6-15(7-3-1)12-13-20-18-9-5-4-8-16(18)14-19-17-10-11-17/h1-9,17,19H,10-14H2. The highest BCUT2D eigenvalue weighted by atomic mass is 16.5. The van der Waals surface area contributed by atoms with Crippen LogP contribution in [0.5, 0.6) is 5.75 Å². The van der Waals surface area contributed by atoms with E-state index >= 15 is 0 Å². The Morgan fingerprint density at radius 3 is 2.50 bits per heavy atom. The van der Waals surface area contributed by atoms with E-state index in [1.165, 1.54) is 24.0 Å². The molecule has 0 heterocycles. The van der Waals surface area contributed by atoms with Crippen LogP contribution in [0.2, 0.25) is 0 Å². The summed E-state index contributed by atoms with van der Waals surface area (Å²) < 4.78 is 5.95. The molecule has 0 saturated heterocycles. The molecule has 1 saturated carbocycles. The zero-order valence-corrected chi connectivity index (χ0v) is 11.7. The average Bonchev–Trinajstić information content (AvgIpc) is 3.32. The van der Waals surface area contributed by atoms with Crippen molar-refractivity contribution in [2.45, 2.75) is 31.8 Å². The number of ether oxygens (including phenoxy) is 1. The van der Waals surface area contributed by atoms with Crippen molar-refractivity contribution in [3.63, 3.8) is 0 Å². The summed E-state index contributed by atoms with van der Waals surface area (Å²) in [6.07, 6.45) is 3.58. The number of hydrogen-bond acceptors (Lipinski definition) is 2. The minimum atomic E-state index is 0.727. The van der Waals surface area contributed by atoms with Crippen molar-refractivity contribution in [1.29, 1.82) is 0 Å². The van der Waals surface area contributed by atoms with Gasteiger partial charge in [0.05, 0.1) is 6.61 Å². The van der Waals surface area contributed by atoms with Crippen LogP contribution in [0.3, 0.4) is 0 Å². The third-order valence-electron chi connectivity index (χ3n) is 3.62. The average molecular weight is 267 g/mol. The second-order valence-corrected chi connectivity index (χ2v) is 5.35. The highest BCUT2D eigenvalue weighted by molar-refractivity contribution is 5.33. The van der Waals surface area contributed by atoms with Gasteiger partial charge in [0.25, 0.3) is 0 Å². The van der Waals surface area contributed by atoms with Gasteiger partial charge in [-0.25, -0.2) is 0 Å². The summed E-state index contributed by atoms with van der Waals surface area (Å²) in [7, 11) is 0. The molecule has 1 N–H and O–H groups in total. The molecule has 2 aromatic rings. The molecule has 2 heteroatoms. The van der Waals surface area contributed by atoms with Crippen molar-refractivity contribution in [2.24, 2.45) is 0 Å². The lowest BCUT2D eigenvalue weighted by Crippen LogP contribution is -2.16. The number of nitrogens with one attached hydrogen (secondary N) is 1. The van der Waals surface area contributed by atoms with Crippen LogP contribution in [-0.2, 0) is 13.0 Å². The smallest absolute Gasteiger partial charge is 0.123 e. The number of benzene rings is 2. The predicted molar refractivity (Wildman–Crippen MR) is 81.9 cm³/mol. The zero-order chi connectivity index (χ0) is 13.6. The first-order chi connectivity index (χ1) is 9.92. The minimum Gasteiger partial charge on any atom is -0.493 e. The molecule has 1 aliphatic carbocycles. The Labute approximate surface area is 120 Å². The van der Waals surface area contributed by atoms with E-state index in [-0.39, 0.29) is 0 Å². The third-order valence-corrected chi connectivity index (χ3v) is 3.62. The van der Waals surface area contributed by atoms with Gasteiger partial charge in [-0.15, -0.1) is 0 Å². The molecule has 20 heavy (non-hydrogen) atoms. The molecule has 0 bridgehead atoms. The first-order valence-corrected chi connectivity index (χ1v) is 7.40. The summed E-state index contributed by atoms with van der Waals surface area (Å²) in [5.41, 5.74) is 2.58. The van der Waals surface area contributed by atoms with Crippen molar-refractivity contribution >= 4 is 0 Å². The van der Waals surface area contributed by atoms with Crippen molar-refractivity contribution in [2.75, 3.05) is 6.61 Å². The summed E-state index contributed by atoms with van der Waals surface area (Å²) in [6.45, 7) is 1.64. The normalized spacial score (nSPS) is 14.2. The van der Waals surface area contributed by atoms with Crippen LogP contribution in [0.1, 0.15) is 24.0 Å². The van der Waals surface area contributed by atoms with Gasteiger partial charge >= 0.3 is 0 Å². The van der Waals surface area contributed by atoms with Crippen LogP contribution in [0.15, 0.2) is 54.6 Å². The van der Waals surface area contributed by atoms with Crippen LogP contribution in [0.25, 0.3) is 0 Å². The molecule has 2 aromatic carbocycles. The van der Waals surface area contributed by atoms with Crippen LogP contribution >= 0.6 is 0 Å². The van der Waals surface area contributed by atoms with Crippen LogP contribution in [0, 0.1) is 0 Å². The molecule has 0 atom stereocenters. The predicted octanol–water partition coefficient (Wildman–Crippen LogP) is 3.56. The minimum absolute atomic E-state index is 0.727. The van der Waals surface area contributed by atoms with Crippen molar-refractivity contribution < 1.29 is 4.74 Å². The largest absolute Gasteiger partial charge is 0.493 e. The molecular weight excluding hydrogens is 246 g/mol. The van der Waals surface area contributed by atoms with E-state index in [1.807, 2.05) is 12.1 Å². The molecule has 2 nitrogen and oxygen atoms in total. The molecule has 0 aromatic heterocycles. The molecule has 0 aliphatic heterocycles. The number of para-hydroxylation sites is 1. The Morgan fingerprint density at radius 2 is 1.70 bits per heavy atom. The maximum atomic E-state index is 5.95. The summed E-state index contributed by atoms with van der Waals surface area (Å²) in [6, 6.07) is 19.5. The van der Waals surface area contributed by atoms with E-state index in [2.05, 4.69) is 47.8 Å². The van der Waals surface area contributed by atoms with Crippen molar-refractivity contribution in [1.82, 2.24) is 5.32 Å². The second kappa shape index (κ2) is 6.58. The first kappa shape index (κ1) is 13.2. The summed E-state index contributed by atoms with van der Waals surface area (Å²) >= 11 is 0. The summed E-state index contributed by atoms with van der Waals surface area (Å²) in [4.78, 5) is 0. The summed E-state index contributed by atoms with van der Waals surface area (Å²) in [5, 5.41) is 3.54. The van der Waals surface area contributed by atoms with Crippen LogP contribution in [-0.4, -0.2) is 12.6 Å². The van der Waals surface area contributed by atoms with Crippen molar-refractivity contribution in [3.8, 4) is 5.75 Å². The van der Waals surface area contributed by atoms with Gasteiger partial charge in [-0.2, -0.15) is 0 Å². The van der Waals surface area contributed by atoms with Gasteiger partial charge in [0.2, 0.25) is 0 Å². The lowest BCUT2D eigenvalue weighted by molar-refractivity contribution is 0.317. The van der Waals surface area contributed by atoms with Crippen LogP contribution in [0.4, 0.5) is 0 Å². The molecule has 0 spiro atoms. The molecule has 1 fully saturated rings. The van der Waals surface area contributed by atoms with E-state index in [1.54, 1.807) is 0 Å². The molecule has 3 rings (SSSR count). The fourth-order valence-electron chi connectivity index (χ4n) is 2.26. The summed E-state index contributed by atoms with van der Waals surface area (Å²) in [5.74, 6) is 1.01. The Morgan fingerprint density at radius 1 is 0.950 bits per heavy atom. The van der Waals surface area contributed by atoms with Crippen LogP contribution < -0.4 is 10.1 Å². The van der Waals surface area contributed by atoms with Gasteiger partial charge in [0.15, 0.2) is 0 Å².